The van der Waals surface area contributed by atoms with E-state index >= 15 is 0 Å². The number of alkyl halides is 1. The second kappa shape index (κ2) is 7.53. The molecule has 0 bridgehead atoms. The highest BCUT2D eigenvalue weighted by Crippen LogP contribution is 2.20. The van der Waals surface area contributed by atoms with Crippen LogP contribution in [0.2, 0.25) is 0 Å². The predicted molar refractivity (Wildman–Crippen MR) is 61.8 cm³/mol. The van der Waals surface area contributed by atoms with Gasteiger partial charge in [-0.15, -0.1) is 11.6 Å². The molecule has 0 aromatic heterocycles. The summed E-state index contributed by atoms with van der Waals surface area (Å²) in [5.74, 6) is 0. The third-order valence-corrected chi connectivity index (χ3v) is 3.66. The lowest BCUT2D eigenvalue weighted by Crippen LogP contribution is -2.20. The van der Waals surface area contributed by atoms with Gasteiger partial charge in [-0.1, -0.05) is 51.4 Å². The van der Waals surface area contributed by atoms with Crippen molar-refractivity contribution in [1.29, 1.82) is 0 Å². The summed E-state index contributed by atoms with van der Waals surface area (Å²) in [7, 11) is 0. The summed E-state index contributed by atoms with van der Waals surface area (Å²) in [5.41, 5.74) is 0. The van der Waals surface area contributed by atoms with Crippen LogP contribution >= 0.6 is 11.6 Å². The topological polar surface area (TPSA) is 20.2 Å². The number of halogens is 1. The van der Waals surface area contributed by atoms with Gasteiger partial charge < -0.3 is 5.11 Å². The van der Waals surface area contributed by atoms with Gasteiger partial charge in [-0.3, -0.25) is 0 Å². The maximum absolute atomic E-state index is 9.73. The van der Waals surface area contributed by atoms with Gasteiger partial charge in [0.05, 0.1) is 11.5 Å². The molecule has 1 nitrogen and oxygen atoms in total. The van der Waals surface area contributed by atoms with E-state index < -0.39 is 0 Å². The van der Waals surface area contributed by atoms with Gasteiger partial charge in [0.2, 0.25) is 0 Å². The van der Waals surface area contributed by atoms with Crippen LogP contribution < -0.4 is 0 Å². The third kappa shape index (κ3) is 5.21. The Morgan fingerprint density at radius 2 is 1.14 bits per heavy atom. The van der Waals surface area contributed by atoms with Gasteiger partial charge in [-0.25, -0.2) is 0 Å². The van der Waals surface area contributed by atoms with Crippen LogP contribution in [0.3, 0.4) is 0 Å². The Morgan fingerprint density at radius 3 is 1.71 bits per heavy atom. The number of aliphatic hydroxyl groups excluding tert-OH is 1. The summed E-state index contributed by atoms with van der Waals surface area (Å²) in [5, 5.41) is 9.72. The van der Waals surface area contributed by atoms with Crippen LogP contribution in [-0.2, 0) is 0 Å². The summed E-state index contributed by atoms with van der Waals surface area (Å²) in [4.78, 5) is 0. The largest absolute Gasteiger partial charge is 0.392 e. The molecule has 0 saturated heterocycles. The van der Waals surface area contributed by atoms with E-state index in [-0.39, 0.29) is 11.5 Å². The lowest BCUT2D eigenvalue weighted by molar-refractivity contribution is 0.150. The normalized spacial score (nSPS) is 33.0. The molecule has 1 fully saturated rings. The minimum Gasteiger partial charge on any atom is -0.392 e. The lowest BCUT2D eigenvalue weighted by Gasteiger charge is -2.17. The Bertz CT molecular complexity index is 122. The van der Waals surface area contributed by atoms with Crippen molar-refractivity contribution in [2.45, 2.75) is 75.7 Å². The molecule has 84 valence electrons. The van der Waals surface area contributed by atoms with Crippen LogP contribution in [0.15, 0.2) is 0 Å². The van der Waals surface area contributed by atoms with Crippen molar-refractivity contribution in [1.82, 2.24) is 0 Å². The standard InChI is InChI=1S/C12H23ClO/c13-11-9-7-5-3-1-2-4-6-8-10-12(11)14/h11-12,14H,1-10H2. The highest BCUT2D eigenvalue weighted by Gasteiger charge is 2.15. The van der Waals surface area contributed by atoms with Crippen LogP contribution in [0.1, 0.15) is 64.2 Å². The quantitative estimate of drug-likeness (QED) is 0.612. The summed E-state index contributed by atoms with van der Waals surface area (Å²) >= 11 is 6.11. The Hall–Kier alpha value is 0.250. The zero-order valence-corrected chi connectivity index (χ0v) is 9.81. The van der Waals surface area contributed by atoms with E-state index in [1.807, 2.05) is 0 Å². The van der Waals surface area contributed by atoms with E-state index in [0.717, 1.165) is 19.3 Å². The molecule has 1 aliphatic rings. The van der Waals surface area contributed by atoms with Crippen molar-refractivity contribution in [3.8, 4) is 0 Å². The van der Waals surface area contributed by atoms with Crippen molar-refractivity contribution >= 4 is 11.6 Å². The van der Waals surface area contributed by atoms with E-state index in [0.29, 0.717) is 0 Å². The maximum Gasteiger partial charge on any atom is 0.0703 e. The first-order valence-corrected chi connectivity index (χ1v) is 6.56. The molecule has 1 aliphatic carbocycles. The molecule has 2 atom stereocenters. The molecule has 1 saturated carbocycles. The Kier molecular flexibility index (Phi) is 6.63. The third-order valence-electron chi connectivity index (χ3n) is 3.15. The number of rotatable bonds is 0. The molecule has 0 spiro atoms. The summed E-state index contributed by atoms with van der Waals surface area (Å²) in [6.07, 6.45) is 11.9. The second-order valence-electron chi connectivity index (χ2n) is 4.49. The van der Waals surface area contributed by atoms with Gasteiger partial charge >= 0.3 is 0 Å². The molecule has 0 aromatic rings. The monoisotopic (exact) mass is 218 g/mol. The van der Waals surface area contributed by atoms with Crippen LogP contribution in [0.5, 0.6) is 0 Å². The van der Waals surface area contributed by atoms with Gasteiger partial charge in [-0.05, 0) is 12.8 Å². The minimum absolute atomic E-state index is 0.00516. The molecule has 0 heterocycles. The zero-order chi connectivity index (χ0) is 10.2. The smallest absolute Gasteiger partial charge is 0.0703 e. The summed E-state index contributed by atoms with van der Waals surface area (Å²) in [6, 6.07) is 0. The van der Waals surface area contributed by atoms with Crippen LogP contribution in [0, 0.1) is 0 Å². The van der Waals surface area contributed by atoms with Gasteiger partial charge in [0.25, 0.3) is 0 Å². The molecule has 0 aromatic carbocycles. The molecular formula is C12H23ClO. The van der Waals surface area contributed by atoms with Crippen LogP contribution in [-0.4, -0.2) is 16.6 Å². The van der Waals surface area contributed by atoms with Crippen molar-refractivity contribution in [3.63, 3.8) is 0 Å². The molecular weight excluding hydrogens is 196 g/mol. The second-order valence-corrected chi connectivity index (χ2v) is 5.05. The lowest BCUT2D eigenvalue weighted by atomic mass is 9.99. The van der Waals surface area contributed by atoms with Gasteiger partial charge in [0, 0.05) is 0 Å². The molecule has 0 radical (unpaired) electrons. The SMILES string of the molecule is OC1CCCCCCCCCCC1Cl. The molecule has 2 unspecified atom stereocenters. The van der Waals surface area contributed by atoms with Crippen molar-refractivity contribution in [2.75, 3.05) is 0 Å². The fraction of sp³-hybridized carbons (Fsp3) is 1.00. The molecule has 14 heavy (non-hydrogen) atoms. The van der Waals surface area contributed by atoms with E-state index in [1.54, 1.807) is 0 Å². The molecule has 0 aliphatic heterocycles. The number of hydrogen-bond donors (Lipinski definition) is 1. The highest BCUT2D eigenvalue weighted by atomic mass is 35.5. The average Bonchev–Trinajstić information content (AvgIpc) is 2.18. The molecule has 2 heteroatoms. The highest BCUT2D eigenvalue weighted by molar-refractivity contribution is 6.21. The first-order chi connectivity index (χ1) is 6.80. The van der Waals surface area contributed by atoms with Crippen LogP contribution in [0.25, 0.3) is 0 Å². The zero-order valence-electron chi connectivity index (χ0n) is 9.05. The first kappa shape index (κ1) is 12.3. The fourth-order valence-electron chi connectivity index (χ4n) is 2.13. The predicted octanol–water partition coefficient (Wildman–Crippen LogP) is 3.87. The van der Waals surface area contributed by atoms with Gasteiger partial charge in [-0.2, -0.15) is 0 Å². The van der Waals surface area contributed by atoms with Crippen molar-refractivity contribution in [3.05, 3.63) is 0 Å². The number of aliphatic hydroxyl groups is 1. The fourth-order valence-corrected chi connectivity index (χ4v) is 2.41. The summed E-state index contributed by atoms with van der Waals surface area (Å²) in [6.45, 7) is 0. The van der Waals surface area contributed by atoms with E-state index in [4.69, 9.17) is 11.6 Å². The van der Waals surface area contributed by atoms with Crippen molar-refractivity contribution < 1.29 is 5.11 Å². The molecule has 1 rings (SSSR count). The van der Waals surface area contributed by atoms with E-state index in [2.05, 4.69) is 0 Å². The Morgan fingerprint density at radius 1 is 0.714 bits per heavy atom. The molecule has 1 N–H and O–H groups in total. The van der Waals surface area contributed by atoms with Crippen LogP contribution in [0.4, 0.5) is 0 Å². The van der Waals surface area contributed by atoms with Crippen molar-refractivity contribution in [2.24, 2.45) is 0 Å². The van der Waals surface area contributed by atoms with E-state index in [9.17, 15) is 5.11 Å². The van der Waals surface area contributed by atoms with Gasteiger partial charge in [0.15, 0.2) is 0 Å². The first-order valence-electron chi connectivity index (χ1n) is 6.13. The number of hydrogen-bond acceptors (Lipinski definition) is 1. The molecule has 0 amide bonds. The average molecular weight is 219 g/mol. The summed E-state index contributed by atoms with van der Waals surface area (Å²) < 4.78 is 0. The van der Waals surface area contributed by atoms with Gasteiger partial charge in [0.1, 0.15) is 0 Å². The minimum atomic E-state index is -0.268. The maximum atomic E-state index is 9.73. The Balaban J connectivity index is 2.23. The Labute approximate surface area is 92.8 Å². The van der Waals surface area contributed by atoms with E-state index in [1.165, 1.54) is 44.9 Å².